The Labute approximate surface area is 157 Å². The third kappa shape index (κ3) is 4.59. The summed E-state index contributed by atoms with van der Waals surface area (Å²) < 4.78 is 0. The van der Waals surface area contributed by atoms with Crippen molar-refractivity contribution >= 4 is 22.4 Å². The maximum atomic E-state index is 11.1. The molecule has 1 heterocycles. The number of carbonyl (C=O) groups is 1. The van der Waals surface area contributed by atoms with Crippen molar-refractivity contribution in [2.45, 2.75) is 44.2 Å². The molecule has 6 nitrogen and oxygen atoms in total. The lowest BCUT2D eigenvalue weighted by Crippen LogP contribution is -2.52. The molecule has 0 bridgehead atoms. The lowest BCUT2D eigenvalue weighted by atomic mass is 9.85. The molecule has 138 valence electrons. The normalized spacial score (nSPS) is 22.2. The minimum absolute atomic E-state index is 0.161. The second-order valence-corrected chi connectivity index (χ2v) is 8.46. The number of carboxylic acid groups (broad SMARTS) is 1. The molecule has 0 spiro atoms. The predicted molar refractivity (Wildman–Crippen MR) is 102 cm³/mol. The van der Waals surface area contributed by atoms with E-state index >= 15 is 0 Å². The zero-order valence-corrected chi connectivity index (χ0v) is 15.5. The number of carboxylic acids is 1. The highest BCUT2D eigenvalue weighted by molar-refractivity contribution is 7.15. The molecule has 2 fully saturated rings. The molecule has 0 aliphatic heterocycles. The third-order valence-electron chi connectivity index (χ3n) is 5.15. The molecule has 2 aromatic rings. The first-order chi connectivity index (χ1) is 12.7. The topological polar surface area (TPSA) is 78.4 Å². The summed E-state index contributed by atoms with van der Waals surface area (Å²) in [6.07, 6.45) is 5.27. The number of hydrogen-bond acceptors (Lipinski definition) is 6. The van der Waals surface area contributed by atoms with Crippen molar-refractivity contribution < 1.29 is 9.90 Å². The second-order valence-electron chi connectivity index (χ2n) is 7.40. The fourth-order valence-corrected chi connectivity index (χ4v) is 4.33. The van der Waals surface area contributed by atoms with Crippen molar-refractivity contribution in [1.29, 1.82) is 0 Å². The highest BCUT2D eigenvalue weighted by atomic mass is 32.1. The first kappa shape index (κ1) is 17.4. The van der Waals surface area contributed by atoms with Crippen LogP contribution in [0.2, 0.25) is 0 Å². The van der Waals surface area contributed by atoms with Crippen molar-refractivity contribution in [3.05, 3.63) is 40.9 Å². The van der Waals surface area contributed by atoms with E-state index < -0.39 is 5.97 Å². The van der Waals surface area contributed by atoms with E-state index in [0.717, 1.165) is 35.9 Å². The lowest BCUT2D eigenvalue weighted by molar-refractivity contribution is -0.139. The molecule has 0 radical (unpaired) electrons. The van der Waals surface area contributed by atoms with Crippen LogP contribution in [0.25, 0.3) is 0 Å². The standard InChI is InChI=1S/C19H24N4O2S/c24-18(25)12-23(11-14-6-7-14)16-9-15(10-16)20-19-22-21-17(26-19)8-13-4-2-1-3-5-13/h1-5,14-16H,6-12H2,(H,20,22)(H,24,25). The predicted octanol–water partition coefficient (Wildman–Crippen LogP) is 2.87. The summed E-state index contributed by atoms with van der Waals surface area (Å²) in [7, 11) is 0. The van der Waals surface area contributed by atoms with Crippen LogP contribution in [0.3, 0.4) is 0 Å². The van der Waals surface area contributed by atoms with E-state index in [-0.39, 0.29) is 6.54 Å². The fourth-order valence-electron chi connectivity index (χ4n) is 3.48. The van der Waals surface area contributed by atoms with Gasteiger partial charge in [0.05, 0.1) is 6.54 Å². The molecule has 0 unspecified atom stereocenters. The van der Waals surface area contributed by atoms with Crippen LogP contribution in [0, 0.1) is 5.92 Å². The van der Waals surface area contributed by atoms with Gasteiger partial charge in [0, 0.05) is 25.0 Å². The molecule has 0 saturated heterocycles. The Hall–Kier alpha value is -1.99. The number of rotatable bonds is 9. The van der Waals surface area contributed by atoms with E-state index in [1.165, 1.54) is 18.4 Å². The van der Waals surface area contributed by atoms with Crippen molar-refractivity contribution in [2.75, 3.05) is 18.4 Å². The van der Waals surface area contributed by atoms with Gasteiger partial charge in [-0.15, -0.1) is 10.2 Å². The largest absolute Gasteiger partial charge is 0.480 e. The zero-order valence-electron chi connectivity index (χ0n) is 14.7. The van der Waals surface area contributed by atoms with Gasteiger partial charge in [0.15, 0.2) is 0 Å². The first-order valence-electron chi connectivity index (χ1n) is 9.24. The van der Waals surface area contributed by atoms with Gasteiger partial charge >= 0.3 is 5.97 Å². The molecule has 2 aliphatic rings. The smallest absolute Gasteiger partial charge is 0.317 e. The summed E-state index contributed by atoms with van der Waals surface area (Å²) in [4.78, 5) is 13.3. The molecule has 7 heteroatoms. The maximum Gasteiger partial charge on any atom is 0.317 e. The van der Waals surface area contributed by atoms with Gasteiger partial charge in [0.1, 0.15) is 5.01 Å². The van der Waals surface area contributed by atoms with Gasteiger partial charge in [-0.1, -0.05) is 41.7 Å². The Kier molecular flexibility index (Phi) is 5.17. The van der Waals surface area contributed by atoms with Gasteiger partial charge in [-0.3, -0.25) is 9.69 Å². The van der Waals surface area contributed by atoms with Gasteiger partial charge in [0.2, 0.25) is 5.13 Å². The molecular formula is C19H24N4O2S. The van der Waals surface area contributed by atoms with Crippen LogP contribution in [-0.2, 0) is 11.2 Å². The fraction of sp³-hybridized carbons (Fsp3) is 0.526. The molecule has 4 rings (SSSR count). The molecular weight excluding hydrogens is 348 g/mol. The monoisotopic (exact) mass is 372 g/mol. The van der Waals surface area contributed by atoms with Gasteiger partial charge in [-0.25, -0.2) is 0 Å². The summed E-state index contributed by atoms with van der Waals surface area (Å²) in [5.74, 6) is -0.0122. The molecule has 0 atom stereocenters. The third-order valence-corrected chi connectivity index (χ3v) is 6.00. The van der Waals surface area contributed by atoms with E-state index in [2.05, 4.69) is 32.5 Å². The van der Waals surface area contributed by atoms with E-state index in [9.17, 15) is 4.79 Å². The Balaban J connectivity index is 1.26. The molecule has 2 saturated carbocycles. The maximum absolute atomic E-state index is 11.1. The molecule has 1 aromatic heterocycles. The van der Waals surface area contributed by atoms with Crippen LogP contribution in [0.1, 0.15) is 36.3 Å². The zero-order chi connectivity index (χ0) is 17.9. The van der Waals surface area contributed by atoms with Crippen molar-refractivity contribution in [1.82, 2.24) is 15.1 Å². The van der Waals surface area contributed by atoms with Gasteiger partial charge in [0.25, 0.3) is 0 Å². The van der Waals surface area contributed by atoms with Gasteiger partial charge < -0.3 is 10.4 Å². The van der Waals surface area contributed by atoms with E-state index in [0.29, 0.717) is 18.0 Å². The highest BCUT2D eigenvalue weighted by Crippen LogP contribution is 2.35. The van der Waals surface area contributed by atoms with Crippen molar-refractivity contribution in [2.24, 2.45) is 5.92 Å². The quantitative estimate of drug-likeness (QED) is 0.705. The van der Waals surface area contributed by atoms with Crippen LogP contribution in [-0.4, -0.2) is 51.3 Å². The summed E-state index contributed by atoms with van der Waals surface area (Å²) in [6, 6.07) is 11.0. The molecule has 2 N–H and O–H groups in total. The number of nitrogens with one attached hydrogen (secondary N) is 1. The minimum Gasteiger partial charge on any atom is -0.480 e. The second kappa shape index (κ2) is 7.72. The summed E-state index contributed by atoms with van der Waals surface area (Å²) in [6.45, 7) is 1.09. The van der Waals surface area contributed by atoms with Crippen LogP contribution >= 0.6 is 11.3 Å². The Morgan fingerprint density at radius 2 is 2.00 bits per heavy atom. The number of aliphatic carboxylic acids is 1. The minimum atomic E-state index is -0.725. The number of aromatic nitrogens is 2. The summed E-state index contributed by atoms with van der Waals surface area (Å²) >= 11 is 1.61. The molecule has 1 aromatic carbocycles. The number of nitrogens with zero attached hydrogens (tertiary/aromatic N) is 3. The average Bonchev–Trinajstić information content (AvgIpc) is 3.28. The van der Waals surface area contributed by atoms with Crippen LogP contribution < -0.4 is 5.32 Å². The average molecular weight is 372 g/mol. The summed E-state index contributed by atoms with van der Waals surface area (Å²) in [5.41, 5.74) is 1.24. The Morgan fingerprint density at radius 3 is 2.69 bits per heavy atom. The van der Waals surface area contributed by atoms with E-state index in [4.69, 9.17) is 5.11 Å². The van der Waals surface area contributed by atoms with E-state index in [1.807, 2.05) is 18.2 Å². The lowest BCUT2D eigenvalue weighted by Gasteiger charge is -2.42. The van der Waals surface area contributed by atoms with Gasteiger partial charge in [-0.05, 0) is 37.2 Å². The van der Waals surface area contributed by atoms with Crippen molar-refractivity contribution in [3.63, 3.8) is 0 Å². The molecule has 26 heavy (non-hydrogen) atoms. The number of hydrogen-bond donors (Lipinski definition) is 2. The number of anilines is 1. The van der Waals surface area contributed by atoms with Crippen LogP contribution in [0.5, 0.6) is 0 Å². The Bertz CT molecular complexity index is 741. The summed E-state index contributed by atoms with van der Waals surface area (Å²) in [5, 5.41) is 23.0. The van der Waals surface area contributed by atoms with E-state index in [1.54, 1.807) is 11.3 Å². The number of benzene rings is 1. The van der Waals surface area contributed by atoms with Crippen LogP contribution in [0.15, 0.2) is 30.3 Å². The van der Waals surface area contributed by atoms with Crippen LogP contribution in [0.4, 0.5) is 5.13 Å². The molecule has 0 amide bonds. The molecule has 2 aliphatic carbocycles. The SMILES string of the molecule is O=C(O)CN(CC1CC1)C1CC(Nc2nnc(Cc3ccccc3)s2)C1. The highest BCUT2D eigenvalue weighted by Gasteiger charge is 2.37. The first-order valence-corrected chi connectivity index (χ1v) is 10.1. The van der Waals surface area contributed by atoms with Crippen molar-refractivity contribution in [3.8, 4) is 0 Å². The Morgan fingerprint density at radius 1 is 1.23 bits per heavy atom. The van der Waals surface area contributed by atoms with Gasteiger partial charge in [-0.2, -0.15) is 0 Å².